The number of hydrogen-bond acceptors (Lipinski definition) is 1. The molecule has 1 N–H and O–H groups in total. The van der Waals surface area contributed by atoms with Crippen LogP contribution in [0.1, 0.15) is 57.1 Å². The highest BCUT2D eigenvalue weighted by atomic mass is 35.5. The van der Waals surface area contributed by atoms with Gasteiger partial charge in [-0.3, -0.25) is 0 Å². The quantitative estimate of drug-likeness (QED) is 0.793. The summed E-state index contributed by atoms with van der Waals surface area (Å²) in [5.41, 5.74) is 1.97. The molecule has 0 aromatic heterocycles. The minimum absolute atomic E-state index is 0.300. The Morgan fingerprint density at radius 1 is 1.20 bits per heavy atom. The average molecular weight is 227 g/mol. The van der Waals surface area contributed by atoms with Gasteiger partial charge in [0.2, 0.25) is 0 Å². The van der Waals surface area contributed by atoms with E-state index in [1.807, 2.05) is 26.0 Å². The van der Waals surface area contributed by atoms with Crippen LogP contribution in [0.5, 0.6) is 5.75 Å². The SMILES string of the molecule is CCC(C)c1cc(O)c(C(C)C)cc1Cl. The molecule has 1 atom stereocenters. The third kappa shape index (κ3) is 2.66. The number of benzene rings is 1. The molecule has 2 heteroatoms. The Bertz CT molecular complexity index is 345. The molecule has 0 bridgehead atoms. The van der Waals surface area contributed by atoms with Gasteiger partial charge in [-0.2, -0.15) is 0 Å². The smallest absolute Gasteiger partial charge is 0.119 e. The highest BCUT2D eigenvalue weighted by molar-refractivity contribution is 6.31. The first kappa shape index (κ1) is 12.4. The number of aromatic hydroxyl groups is 1. The van der Waals surface area contributed by atoms with E-state index in [4.69, 9.17) is 11.6 Å². The van der Waals surface area contributed by atoms with Gasteiger partial charge in [0.05, 0.1) is 0 Å². The monoisotopic (exact) mass is 226 g/mol. The van der Waals surface area contributed by atoms with Gasteiger partial charge in [0.15, 0.2) is 0 Å². The lowest BCUT2D eigenvalue weighted by Crippen LogP contribution is -1.96. The Labute approximate surface area is 97.1 Å². The van der Waals surface area contributed by atoms with Crippen LogP contribution in [0.4, 0.5) is 0 Å². The Morgan fingerprint density at radius 3 is 2.27 bits per heavy atom. The molecule has 84 valence electrons. The fourth-order valence-corrected chi connectivity index (χ4v) is 2.01. The second-order valence-electron chi connectivity index (χ2n) is 4.40. The van der Waals surface area contributed by atoms with E-state index in [1.54, 1.807) is 0 Å². The summed E-state index contributed by atoms with van der Waals surface area (Å²) in [4.78, 5) is 0. The standard InChI is InChI=1S/C13H19ClO/c1-5-9(4)11-7-13(15)10(8(2)3)6-12(11)14/h6-9,15H,5H2,1-4H3. The summed E-state index contributed by atoms with van der Waals surface area (Å²) in [5, 5.41) is 10.6. The predicted molar refractivity (Wildman–Crippen MR) is 65.9 cm³/mol. The molecule has 0 saturated carbocycles. The normalized spacial score (nSPS) is 13.2. The van der Waals surface area contributed by atoms with Crippen LogP contribution in [0.25, 0.3) is 0 Å². The molecule has 1 rings (SSSR count). The highest BCUT2D eigenvalue weighted by Crippen LogP contribution is 2.35. The molecule has 0 aliphatic carbocycles. The van der Waals surface area contributed by atoms with Crippen LogP contribution in [-0.2, 0) is 0 Å². The summed E-state index contributed by atoms with van der Waals surface area (Å²) < 4.78 is 0. The summed E-state index contributed by atoms with van der Waals surface area (Å²) in [7, 11) is 0. The number of phenolic OH excluding ortho intramolecular Hbond substituents is 1. The fourth-order valence-electron chi connectivity index (χ4n) is 1.65. The maximum absolute atomic E-state index is 9.87. The van der Waals surface area contributed by atoms with Crippen molar-refractivity contribution in [3.8, 4) is 5.75 Å². The van der Waals surface area contributed by atoms with Crippen molar-refractivity contribution in [3.05, 3.63) is 28.3 Å². The van der Waals surface area contributed by atoms with Crippen molar-refractivity contribution in [2.75, 3.05) is 0 Å². The van der Waals surface area contributed by atoms with Gasteiger partial charge in [-0.1, -0.05) is 39.3 Å². The third-order valence-corrected chi connectivity index (χ3v) is 3.24. The maximum atomic E-state index is 9.87. The molecule has 0 amide bonds. The summed E-state index contributed by atoms with van der Waals surface area (Å²) >= 11 is 6.21. The number of rotatable bonds is 3. The predicted octanol–water partition coefficient (Wildman–Crippen LogP) is 4.68. The Morgan fingerprint density at radius 2 is 1.80 bits per heavy atom. The van der Waals surface area contributed by atoms with E-state index < -0.39 is 0 Å². The van der Waals surface area contributed by atoms with Crippen LogP contribution in [-0.4, -0.2) is 5.11 Å². The van der Waals surface area contributed by atoms with Crippen LogP contribution in [0.2, 0.25) is 5.02 Å². The fraction of sp³-hybridized carbons (Fsp3) is 0.538. The van der Waals surface area contributed by atoms with Gasteiger partial charge in [-0.25, -0.2) is 0 Å². The zero-order valence-electron chi connectivity index (χ0n) is 9.84. The zero-order valence-corrected chi connectivity index (χ0v) is 10.6. The van der Waals surface area contributed by atoms with Crippen molar-refractivity contribution in [2.45, 2.75) is 46.0 Å². The molecule has 0 fully saturated rings. The summed E-state index contributed by atoms with van der Waals surface area (Å²) in [6.45, 7) is 8.34. The Kier molecular flexibility index (Phi) is 4.04. The van der Waals surface area contributed by atoms with Crippen LogP contribution < -0.4 is 0 Å². The molecule has 15 heavy (non-hydrogen) atoms. The average Bonchev–Trinajstić information content (AvgIpc) is 2.19. The lowest BCUT2D eigenvalue weighted by Gasteiger charge is -2.15. The molecule has 0 spiro atoms. The maximum Gasteiger partial charge on any atom is 0.119 e. The van der Waals surface area contributed by atoms with E-state index in [9.17, 15) is 5.11 Å². The molecule has 0 radical (unpaired) electrons. The van der Waals surface area contributed by atoms with Crippen LogP contribution in [0, 0.1) is 0 Å². The summed E-state index contributed by atoms with van der Waals surface area (Å²) in [6.07, 6.45) is 1.03. The molecule has 1 unspecified atom stereocenters. The first-order valence-corrected chi connectivity index (χ1v) is 5.87. The molecule has 1 nitrogen and oxygen atoms in total. The van der Waals surface area contributed by atoms with E-state index in [1.165, 1.54) is 0 Å². The molecule has 0 saturated heterocycles. The summed E-state index contributed by atoms with van der Waals surface area (Å²) in [6, 6.07) is 3.70. The van der Waals surface area contributed by atoms with Gasteiger partial charge in [0.25, 0.3) is 0 Å². The lowest BCUT2D eigenvalue weighted by atomic mass is 9.94. The van der Waals surface area contributed by atoms with Crippen molar-refractivity contribution in [3.63, 3.8) is 0 Å². The van der Waals surface area contributed by atoms with Gasteiger partial charge in [-0.15, -0.1) is 0 Å². The van der Waals surface area contributed by atoms with E-state index >= 15 is 0 Å². The molecule has 1 aromatic carbocycles. The van der Waals surface area contributed by atoms with Crippen molar-refractivity contribution >= 4 is 11.6 Å². The Balaban J connectivity index is 3.19. The number of hydrogen-bond donors (Lipinski definition) is 1. The van der Waals surface area contributed by atoms with Gasteiger partial charge >= 0.3 is 0 Å². The minimum atomic E-state index is 0.300. The topological polar surface area (TPSA) is 20.2 Å². The van der Waals surface area contributed by atoms with Crippen LogP contribution >= 0.6 is 11.6 Å². The second-order valence-corrected chi connectivity index (χ2v) is 4.80. The minimum Gasteiger partial charge on any atom is -0.508 e. The molecule has 0 aliphatic heterocycles. The van der Waals surface area contributed by atoms with Gasteiger partial charge in [-0.05, 0) is 41.5 Å². The van der Waals surface area contributed by atoms with E-state index in [0.29, 0.717) is 17.6 Å². The number of halogens is 1. The van der Waals surface area contributed by atoms with Crippen LogP contribution in [0.3, 0.4) is 0 Å². The second kappa shape index (κ2) is 4.89. The lowest BCUT2D eigenvalue weighted by molar-refractivity contribution is 0.463. The van der Waals surface area contributed by atoms with Gasteiger partial charge in [0, 0.05) is 5.02 Å². The Hall–Kier alpha value is -0.690. The van der Waals surface area contributed by atoms with Gasteiger partial charge < -0.3 is 5.11 Å². The van der Waals surface area contributed by atoms with E-state index in [-0.39, 0.29) is 0 Å². The molecular formula is C13H19ClO. The largest absolute Gasteiger partial charge is 0.508 e. The first-order chi connectivity index (χ1) is 6.97. The molecule has 1 aromatic rings. The third-order valence-electron chi connectivity index (χ3n) is 2.91. The first-order valence-electron chi connectivity index (χ1n) is 5.49. The highest BCUT2D eigenvalue weighted by Gasteiger charge is 2.13. The summed E-state index contributed by atoms with van der Waals surface area (Å²) in [5.74, 6) is 1.06. The van der Waals surface area contributed by atoms with Crippen molar-refractivity contribution in [2.24, 2.45) is 0 Å². The van der Waals surface area contributed by atoms with E-state index in [0.717, 1.165) is 22.6 Å². The molecular weight excluding hydrogens is 208 g/mol. The van der Waals surface area contributed by atoms with Crippen molar-refractivity contribution in [1.29, 1.82) is 0 Å². The van der Waals surface area contributed by atoms with Gasteiger partial charge in [0.1, 0.15) is 5.75 Å². The van der Waals surface area contributed by atoms with Crippen molar-refractivity contribution < 1.29 is 5.11 Å². The molecule has 0 aliphatic rings. The van der Waals surface area contributed by atoms with Crippen molar-refractivity contribution in [1.82, 2.24) is 0 Å². The number of phenols is 1. The van der Waals surface area contributed by atoms with Crippen LogP contribution in [0.15, 0.2) is 12.1 Å². The van der Waals surface area contributed by atoms with E-state index in [2.05, 4.69) is 13.8 Å². The zero-order chi connectivity index (χ0) is 11.6. The molecule has 0 heterocycles.